The van der Waals surface area contributed by atoms with E-state index in [4.69, 9.17) is 0 Å². The largest absolute Gasteiger partial charge is 0.347 e. The van der Waals surface area contributed by atoms with Gasteiger partial charge in [-0.3, -0.25) is 4.79 Å². The van der Waals surface area contributed by atoms with Crippen molar-refractivity contribution in [2.45, 2.75) is 46.2 Å². The van der Waals surface area contributed by atoms with Crippen LogP contribution in [0.2, 0.25) is 0 Å². The standard InChI is InChI=1S/C14H22N2OS.ClH/c1-8-5-6-15-10(3)13(8)16-14(17)12-7-9(2)11(4)18-12;/h7-8,10,13,15H,5-6H2,1-4H3,(H,16,17);1H. The molecule has 3 nitrogen and oxygen atoms in total. The number of carbonyl (C=O) groups excluding carboxylic acids is 1. The minimum atomic E-state index is 0. The molecule has 2 N–H and O–H groups in total. The number of amides is 1. The van der Waals surface area contributed by atoms with E-state index in [-0.39, 0.29) is 24.4 Å². The lowest BCUT2D eigenvalue weighted by molar-refractivity contribution is 0.0901. The molecule has 1 aromatic rings. The van der Waals surface area contributed by atoms with E-state index in [1.54, 1.807) is 11.3 Å². The lowest BCUT2D eigenvalue weighted by Gasteiger charge is -2.35. The zero-order valence-corrected chi connectivity index (χ0v) is 13.6. The molecule has 2 rings (SSSR count). The second kappa shape index (κ2) is 6.73. The Hall–Kier alpha value is -0.580. The van der Waals surface area contributed by atoms with Crippen LogP contribution < -0.4 is 10.6 Å². The van der Waals surface area contributed by atoms with Gasteiger partial charge in [0.2, 0.25) is 0 Å². The third-order valence-corrected chi connectivity index (χ3v) is 5.06. The fourth-order valence-electron chi connectivity index (χ4n) is 2.51. The van der Waals surface area contributed by atoms with Crippen molar-refractivity contribution in [3.05, 3.63) is 21.4 Å². The molecule has 1 aliphatic heterocycles. The first-order valence-electron chi connectivity index (χ1n) is 6.60. The predicted octanol–water partition coefficient (Wildman–Crippen LogP) is 2.90. The highest BCUT2D eigenvalue weighted by Gasteiger charge is 2.29. The molecular formula is C14H23ClN2OS. The Morgan fingerprint density at radius 1 is 1.42 bits per heavy atom. The maximum Gasteiger partial charge on any atom is 0.261 e. The van der Waals surface area contributed by atoms with E-state index in [0.29, 0.717) is 12.0 Å². The van der Waals surface area contributed by atoms with Gasteiger partial charge in [0.15, 0.2) is 0 Å². The van der Waals surface area contributed by atoms with Gasteiger partial charge in [0.05, 0.1) is 4.88 Å². The van der Waals surface area contributed by atoms with Gasteiger partial charge in [-0.15, -0.1) is 23.7 Å². The number of hydrogen-bond acceptors (Lipinski definition) is 3. The van der Waals surface area contributed by atoms with Gasteiger partial charge in [-0.05, 0) is 51.3 Å². The van der Waals surface area contributed by atoms with Crippen LogP contribution in [-0.4, -0.2) is 24.5 Å². The zero-order valence-electron chi connectivity index (χ0n) is 11.9. The molecule has 0 aliphatic carbocycles. The molecule has 1 saturated heterocycles. The number of halogens is 1. The summed E-state index contributed by atoms with van der Waals surface area (Å²) < 4.78 is 0. The van der Waals surface area contributed by atoms with Crippen molar-refractivity contribution in [2.24, 2.45) is 5.92 Å². The molecule has 1 aliphatic rings. The fraction of sp³-hybridized carbons (Fsp3) is 0.643. The van der Waals surface area contributed by atoms with Crippen molar-refractivity contribution in [3.8, 4) is 0 Å². The summed E-state index contributed by atoms with van der Waals surface area (Å²) in [6, 6.07) is 2.56. The summed E-state index contributed by atoms with van der Waals surface area (Å²) in [5.74, 6) is 0.607. The van der Waals surface area contributed by atoms with Gasteiger partial charge >= 0.3 is 0 Å². The molecule has 1 aromatic heterocycles. The topological polar surface area (TPSA) is 41.1 Å². The first-order valence-corrected chi connectivity index (χ1v) is 7.42. The number of nitrogens with one attached hydrogen (secondary N) is 2. The monoisotopic (exact) mass is 302 g/mol. The van der Waals surface area contributed by atoms with E-state index in [2.05, 4.69) is 38.3 Å². The van der Waals surface area contributed by atoms with E-state index in [9.17, 15) is 4.79 Å². The molecule has 0 saturated carbocycles. The molecule has 3 unspecified atom stereocenters. The number of piperidine rings is 1. The molecule has 0 radical (unpaired) electrons. The third kappa shape index (κ3) is 3.71. The summed E-state index contributed by atoms with van der Waals surface area (Å²) in [4.78, 5) is 14.3. The minimum Gasteiger partial charge on any atom is -0.347 e. The van der Waals surface area contributed by atoms with E-state index in [0.717, 1.165) is 17.8 Å². The summed E-state index contributed by atoms with van der Waals surface area (Å²) in [7, 11) is 0. The number of carbonyl (C=O) groups is 1. The zero-order chi connectivity index (χ0) is 13.3. The molecule has 5 heteroatoms. The summed E-state index contributed by atoms with van der Waals surface area (Å²) in [6.45, 7) is 9.52. The van der Waals surface area contributed by atoms with Crippen LogP contribution in [-0.2, 0) is 0 Å². The van der Waals surface area contributed by atoms with E-state index in [1.165, 1.54) is 10.4 Å². The SMILES string of the molecule is Cc1cc(C(=O)NC2C(C)CCNC2C)sc1C.Cl. The van der Waals surface area contributed by atoms with Crippen molar-refractivity contribution >= 4 is 29.7 Å². The predicted molar refractivity (Wildman–Crippen MR) is 83.5 cm³/mol. The van der Waals surface area contributed by atoms with Crippen LogP contribution >= 0.6 is 23.7 Å². The normalized spacial score (nSPS) is 26.6. The molecule has 0 aromatic carbocycles. The van der Waals surface area contributed by atoms with Crippen molar-refractivity contribution < 1.29 is 4.79 Å². The number of rotatable bonds is 2. The Morgan fingerprint density at radius 2 is 2.11 bits per heavy atom. The number of thiophene rings is 1. The van der Waals surface area contributed by atoms with Crippen LogP contribution in [0.4, 0.5) is 0 Å². The quantitative estimate of drug-likeness (QED) is 0.882. The second-order valence-corrected chi connectivity index (χ2v) is 6.61. The molecule has 19 heavy (non-hydrogen) atoms. The maximum absolute atomic E-state index is 12.2. The van der Waals surface area contributed by atoms with Crippen LogP contribution in [0.15, 0.2) is 6.07 Å². The van der Waals surface area contributed by atoms with E-state index in [1.807, 2.05) is 6.07 Å². The average Bonchev–Trinajstić information content (AvgIpc) is 2.64. The summed E-state index contributed by atoms with van der Waals surface area (Å²) in [5, 5.41) is 6.61. The van der Waals surface area contributed by atoms with Gasteiger partial charge < -0.3 is 10.6 Å². The maximum atomic E-state index is 12.2. The van der Waals surface area contributed by atoms with Gasteiger partial charge in [0, 0.05) is 17.0 Å². The number of hydrogen-bond donors (Lipinski definition) is 2. The molecule has 1 amide bonds. The van der Waals surface area contributed by atoms with E-state index < -0.39 is 0 Å². The minimum absolute atomic E-state index is 0. The van der Waals surface area contributed by atoms with Crippen molar-refractivity contribution in [1.29, 1.82) is 0 Å². The first-order chi connectivity index (χ1) is 8.49. The van der Waals surface area contributed by atoms with Crippen molar-refractivity contribution in [3.63, 3.8) is 0 Å². The summed E-state index contributed by atoms with van der Waals surface area (Å²) in [5.41, 5.74) is 1.20. The van der Waals surface area contributed by atoms with Crippen molar-refractivity contribution in [1.82, 2.24) is 10.6 Å². The lowest BCUT2D eigenvalue weighted by atomic mass is 9.89. The lowest BCUT2D eigenvalue weighted by Crippen LogP contribution is -2.55. The smallest absolute Gasteiger partial charge is 0.261 e. The molecule has 0 spiro atoms. The second-order valence-electron chi connectivity index (χ2n) is 5.36. The summed E-state index contributed by atoms with van der Waals surface area (Å²) >= 11 is 1.58. The van der Waals surface area contributed by atoms with E-state index >= 15 is 0 Å². The molecular weight excluding hydrogens is 280 g/mol. The summed E-state index contributed by atoms with van der Waals surface area (Å²) in [6.07, 6.45) is 1.12. The van der Waals surface area contributed by atoms with Crippen LogP contribution in [0.1, 0.15) is 40.4 Å². The van der Waals surface area contributed by atoms with Crippen molar-refractivity contribution in [2.75, 3.05) is 6.54 Å². The number of aryl methyl sites for hydroxylation is 2. The molecule has 2 heterocycles. The Labute approximate surface area is 125 Å². The first kappa shape index (κ1) is 16.5. The van der Waals surface area contributed by atoms with Gasteiger partial charge in [-0.2, -0.15) is 0 Å². The van der Waals surface area contributed by atoms with Crippen LogP contribution in [0.3, 0.4) is 0 Å². The van der Waals surface area contributed by atoms with Crippen LogP contribution in [0.25, 0.3) is 0 Å². The highest BCUT2D eigenvalue weighted by atomic mass is 35.5. The molecule has 108 valence electrons. The van der Waals surface area contributed by atoms with Gasteiger partial charge in [-0.1, -0.05) is 6.92 Å². The van der Waals surface area contributed by atoms with Crippen LogP contribution in [0, 0.1) is 19.8 Å². The fourth-order valence-corrected chi connectivity index (χ4v) is 3.45. The van der Waals surface area contributed by atoms with Gasteiger partial charge in [0.1, 0.15) is 0 Å². The molecule has 0 bridgehead atoms. The van der Waals surface area contributed by atoms with Crippen LogP contribution in [0.5, 0.6) is 0 Å². The highest BCUT2D eigenvalue weighted by Crippen LogP contribution is 2.22. The Morgan fingerprint density at radius 3 is 2.63 bits per heavy atom. The molecule has 3 atom stereocenters. The molecule has 1 fully saturated rings. The Bertz CT molecular complexity index is 417. The van der Waals surface area contributed by atoms with Gasteiger partial charge in [-0.25, -0.2) is 0 Å². The van der Waals surface area contributed by atoms with Gasteiger partial charge in [0.25, 0.3) is 5.91 Å². The Kier molecular flexibility index (Phi) is 5.83. The third-order valence-electron chi connectivity index (χ3n) is 3.91. The average molecular weight is 303 g/mol. The highest BCUT2D eigenvalue weighted by molar-refractivity contribution is 7.14. The Balaban J connectivity index is 0.00000180.